The van der Waals surface area contributed by atoms with Crippen LogP contribution in [-0.4, -0.2) is 125 Å². The summed E-state index contributed by atoms with van der Waals surface area (Å²) in [6.07, 6.45) is -15.1. The van der Waals surface area contributed by atoms with Gasteiger partial charge < -0.3 is 78.0 Å². The van der Waals surface area contributed by atoms with Crippen LogP contribution < -0.4 is 23.7 Å². The number of hydrogen-bond donors (Lipinski definition) is 6. The van der Waals surface area contributed by atoms with Gasteiger partial charge in [0.1, 0.15) is 48.5 Å². The van der Waals surface area contributed by atoms with E-state index in [1.54, 1.807) is 12.1 Å². The lowest BCUT2D eigenvalue weighted by molar-refractivity contribution is -0.318. The number of aliphatic hydroxyl groups is 6. The van der Waals surface area contributed by atoms with Gasteiger partial charge in [0, 0.05) is 23.5 Å². The lowest BCUT2D eigenvalue weighted by Crippen LogP contribution is -2.61. The van der Waals surface area contributed by atoms with E-state index in [9.17, 15) is 30.6 Å². The van der Waals surface area contributed by atoms with Crippen LogP contribution >= 0.6 is 0 Å². The Morgan fingerprint density at radius 2 is 1.27 bits per heavy atom. The Kier molecular flexibility index (Phi) is 8.53. The largest absolute Gasteiger partial charge is 0.461 e. The molecule has 8 rings (SSSR count). The van der Waals surface area contributed by atoms with Gasteiger partial charge in [0.2, 0.25) is 19.9 Å². The maximum Gasteiger partial charge on any atom is 0.231 e. The molecule has 4 fully saturated rings. The molecule has 0 spiro atoms. The van der Waals surface area contributed by atoms with Crippen LogP contribution in [0.3, 0.4) is 0 Å². The second-order valence-electron chi connectivity index (χ2n) is 12.8. The van der Waals surface area contributed by atoms with Gasteiger partial charge in [-0.05, 0) is 30.7 Å². The quantitative estimate of drug-likeness (QED) is 0.213. The van der Waals surface area contributed by atoms with Crippen molar-refractivity contribution >= 4 is 0 Å². The summed E-state index contributed by atoms with van der Waals surface area (Å²) >= 11 is 0. The second kappa shape index (κ2) is 12.7. The summed E-state index contributed by atoms with van der Waals surface area (Å²) in [5, 5.41) is 62.8. The highest BCUT2D eigenvalue weighted by molar-refractivity contribution is 5.53. The molecule has 16 heteroatoms. The molecule has 0 bridgehead atoms. The molecule has 16 nitrogen and oxygen atoms in total. The third kappa shape index (κ3) is 5.54. The van der Waals surface area contributed by atoms with Gasteiger partial charge in [-0.25, -0.2) is 0 Å². The number of ether oxygens (including phenoxy) is 10. The molecule has 4 saturated heterocycles. The molecule has 48 heavy (non-hydrogen) atoms. The molecular formula is C32H38O16. The first-order valence-corrected chi connectivity index (χ1v) is 15.9. The molecule has 14 atom stereocenters. The molecule has 262 valence electrons. The molecule has 0 radical (unpaired) electrons. The summed E-state index contributed by atoms with van der Waals surface area (Å²) in [6, 6.07) is 9.09. The van der Waals surface area contributed by atoms with Crippen LogP contribution in [0, 0.1) is 11.8 Å². The van der Waals surface area contributed by atoms with Crippen molar-refractivity contribution in [2.24, 2.45) is 11.8 Å². The van der Waals surface area contributed by atoms with E-state index in [1.165, 1.54) is 6.92 Å². The number of hydrogen-bond acceptors (Lipinski definition) is 16. The van der Waals surface area contributed by atoms with Crippen molar-refractivity contribution in [1.82, 2.24) is 0 Å². The Balaban J connectivity index is 1.01. The van der Waals surface area contributed by atoms with E-state index < -0.39 is 74.1 Å². The summed E-state index contributed by atoms with van der Waals surface area (Å²) in [7, 11) is 0. The highest BCUT2D eigenvalue weighted by Gasteiger charge is 2.51. The minimum Gasteiger partial charge on any atom is -0.461 e. The second-order valence-corrected chi connectivity index (χ2v) is 12.8. The lowest BCUT2D eigenvalue weighted by atomic mass is 9.84. The lowest BCUT2D eigenvalue weighted by Gasteiger charge is -2.42. The molecule has 0 amide bonds. The van der Waals surface area contributed by atoms with Gasteiger partial charge in [-0.2, -0.15) is 0 Å². The zero-order valence-electron chi connectivity index (χ0n) is 25.8. The van der Waals surface area contributed by atoms with E-state index in [0.717, 1.165) is 5.56 Å². The first-order valence-electron chi connectivity index (χ1n) is 15.9. The van der Waals surface area contributed by atoms with Crippen LogP contribution in [0.2, 0.25) is 0 Å². The van der Waals surface area contributed by atoms with Crippen LogP contribution in [0.25, 0.3) is 0 Å². The molecule has 2 aromatic carbocycles. The molecule has 6 heterocycles. The zero-order valence-corrected chi connectivity index (χ0v) is 25.8. The maximum atomic E-state index is 10.9. The Morgan fingerprint density at radius 3 is 2.04 bits per heavy atom. The summed E-state index contributed by atoms with van der Waals surface area (Å²) in [5.41, 5.74) is 1.54. The Morgan fingerprint density at radius 1 is 0.646 bits per heavy atom. The van der Waals surface area contributed by atoms with Gasteiger partial charge in [0.05, 0.1) is 38.1 Å². The van der Waals surface area contributed by atoms with Crippen molar-refractivity contribution in [1.29, 1.82) is 0 Å². The van der Waals surface area contributed by atoms with Crippen LogP contribution in [0.1, 0.15) is 30.3 Å². The van der Waals surface area contributed by atoms with Crippen molar-refractivity contribution < 1.29 is 78.0 Å². The van der Waals surface area contributed by atoms with Gasteiger partial charge >= 0.3 is 0 Å². The molecule has 6 aliphatic rings. The number of aliphatic hydroxyl groups excluding tert-OH is 6. The van der Waals surface area contributed by atoms with Crippen LogP contribution in [-0.2, 0) is 23.7 Å². The predicted molar refractivity (Wildman–Crippen MR) is 155 cm³/mol. The summed E-state index contributed by atoms with van der Waals surface area (Å²) in [6.45, 7) is 2.04. The monoisotopic (exact) mass is 678 g/mol. The fourth-order valence-corrected chi connectivity index (χ4v) is 7.18. The average Bonchev–Trinajstić information content (AvgIpc) is 3.90. The Labute approximate surface area is 274 Å². The molecule has 2 aromatic rings. The van der Waals surface area contributed by atoms with Crippen LogP contribution in [0.4, 0.5) is 0 Å². The van der Waals surface area contributed by atoms with Gasteiger partial charge in [0.25, 0.3) is 0 Å². The fourth-order valence-electron chi connectivity index (χ4n) is 7.18. The summed E-state index contributed by atoms with van der Waals surface area (Å²) < 4.78 is 58.1. The van der Waals surface area contributed by atoms with E-state index in [2.05, 4.69) is 0 Å². The Hall–Kier alpha value is -3.00. The zero-order chi connectivity index (χ0) is 33.3. The van der Waals surface area contributed by atoms with E-state index >= 15 is 0 Å². The molecule has 6 N–H and O–H groups in total. The van der Waals surface area contributed by atoms with E-state index in [-0.39, 0.29) is 37.3 Å². The van der Waals surface area contributed by atoms with Crippen molar-refractivity contribution in [3.05, 3.63) is 41.5 Å². The van der Waals surface area contributed by atoms with Gasteiger partial charge in [-0.15, -0.1) is 0 Å². The van der Waals surface area contributed by atoms with Crippen LogP contribution in [0.15, 0.2) is 30.3 Å². The van der Waals surface area contributed by atoms with Gasteiger partial charge in [-0.3, -0.25) is 0 Å². The van der Waals surface area contributed by atoms with E-state index in [4.69, 9.17) is 47.4 Å². The molecule has 6 aliphatic heterocycles. The standard InChI is InChI=1S/C32H38O16/c1-12-23(33)25(35)27(37)31(46-12)41-9-22-24(34)26(36)28(38)32(48-22)47-18-6-21-20(44-11-45-21)5-14(18)30-16-8-39-29(15(16)7-40-30)13-2-3-17-19(4-13)43-10-42-17/h2-6,12,15-16,22-38H,7-11H2,1H3/t12-,15-,16-,22+,23-,24+,25+,26-,27+,28+,29+,30-,31+,32+/m0/s1. The smallest absolute Gasteiger partial charge is 0.231 e. The average molecular weight is 679 g/mol. The SMILES string of the molecule is C[C@@H]1O[C@@H](OC[C@H]2O[C@@H](Oc3cc4c(cc3[C@@H]3OC[C@H]5[C@@H]3CO[C@@H]5c3ccc5c(c3)OCO5)OCO4)[C@H](O)[C@@H](O)[C@@H]2O)[C@H](O)[C@H](O)[C@H]1O. The molecule has 0 aliphatic carbocycles. The third-order valence-corrected chi connectivity index (χ3v) is 9.95. The van der Waals surface area contributed by atoms with Crippen molar-refractivity contribution in [2.45, 2.75) is 80.5 Å². The number of fused-ring (bicyclic) bond motifs is 3. The fraction of sp³-hybridized carbons (Fsp3) is 0.625. The number of rotatable bonds is 7. The molecule has 0 saturated carbocycles. The van der Waals surface area contributed by atoms with Crippen molar-refractivity contribution in [3.8, 4) is 28.7 Å². The minimum atomic E-state index is -1.70. The summed E-state index contributed by atoms with van der Waals surface area (Å²) in [4.78, 5) is 0. The minimum absolute atomic E-state index is 0.00257. The van der Waals surface area contributed by atoms with E-state index in [0.29, 0.717) is 41.8 Å². The topological polar surface area (TPSA) is 214 Å². The van der Waals surface area contributed by atoms with Crippen LogP contribution in [0.5, 0.6) is 28.7 Å². The highest BCUT2D eigenvalue weighted by Crippen LogP contribution is 2.54. The van der Waals surface area contributed by atoms with E-state index in [1.807, 2.05) is 18.2 Å². The normalized spacial score (nSPS) is 41.4. The Bertz CT molecular complexity index is 1490. The molecule has 0 aromatic heterocycles. The first kappa shape index (κ1) is 32.2. The molecule has 0 unspecified atom stereocenters. The third-order valence-electron chi connectivity index (χ3n) is 9.95. The van der Waals surface area contributed by atoms with Crippen molar-refractivity contribution in [3.63, 3.8) is 0 Å². The first-order chi connectivity index (χ1) is 23.2. The van der Waals surface area contributed by atoms with Crippen molar-refractivity contribution in [2.75, 3.05) is 33.4 Å². The van der Waals surface area contributed by atoms with Gasteiger partial charge in [0.15, 0.2) is 29.3 Å². The maximum absolute atomic E-state index is 10.9. The highest BCUT2D eigenvalue weighted by atomic mass is 16.7. The summed E-state index contributed by atoms with van der Waals surface area (Å²) in [5.74, 6) is 2.39. The van der Waals surface area contributed by atoms with Gasteiger partial charge in [-0.1, -0.05) is 6.07 Å². The number of benzene rings is 2. The predicted octanol–water partition coefficient (Wildman–Crippen LogP) is -0.750. The molecular weight excluding hydrogens is 640 g/mol.